The minimum Gasteiger partial charge on any atom is -0.378 e. The normalized spacial score (nSPS) is 17.0. The lowest BCUT2D eigenvalue weighted by atomic mass is 9.98. The molecule has 25 heavy (non-hydrogen) atoms. The molecule has 0 aliphatic heterocycles. The third-order valence-electron chi connectivity index (χ3n) is 4.34. The highest BCUT2D eigenvalue weighted by Gasteiger charge is 2.28. The van der Waals surface area contributed by atoms with Crippen molar-refractivity contribution in [2.45, 2.75) is 70.1 Å². The van der Waals surface area contributed by atoms with Crippen molar-refractivity contribution >= 4 is 39.8 Å². The van der Waals surface area contributed by atoms with Crippen LogP contribution in [0.2, 0.25) is 0 Å². The number of aliphatic imine (C=N–C) groups is 1. The predicted molar refractivity (Wildman–Crippen MR) is 116 cm³/mol. The summed E-state index contributed by atoms with van der Waals surface area (Å²) in [6, 6.07) is 0. The summed E-state index contributed by atoms with van der Waals surface area (Å²) in [5.41, 5.74) is 0. The van der Waals surface area contributed by atoms with Gasteiger partial charge in [-0.25, -0.2) is 8.42 Å². The molecule has 8 heteroatoms. The van der Waals surface area contributed by atoms with Gasteiger partial charge in [-0.05, 0) is 40.0 Å². The minimum absolute atomic E-state index is 0. The van der Waals surface area contributed by atoms with Crippen molar-refractivity contribution < 1.29 is 13.2 Å². The highest BCUT2D eigenvalue weighted by Crippen LogP contribution is 2.20. The van der Waals surface area contributed by atoms with Crippen LogP contribution in [0.1, 0.15) is 59.3 Å². The van der Waals surface area contributed by atoms with E-state index in [1.807, 2.05) is 0 Å². The van der Waals surface area contributed by atoms with Gasteiger partial charge < -0.3 is 15.4 Å². The van der Waals surface area contributed by atoms with Gasteiger partial charge in [0.05, 0.1) is 16.6 Å². The minimum atomic E-state index is -3.11. The van der Waals surface area contributed by atoms with Gasteiger partial charge in [0.1, 0.15) is 0 Å². The zero-order chi connectivity index (χ0) is 18.1. The Labute approximate surface area is 170 Å². The van der Waals surface area contributed by atoms with Gasteiger partial charge in [0, 0.05) is 26.7 Å². The van der Waals surface area contributed by atoms with Crippen LogP contribution >= 0.6 is 24.0 Å². The topological polar surface area (TPSA) is 79.8 Å². The van der Waals surface area contributed by atoms with Crippen LogP contribution in [0.4, 0.5) is 0 Å². The number of nitrogens with one attached hydrogen (secondary N) is 2. The molecule has 0 bridgehead atoms. The predicted octanol–water partition coefficient (Wildman–Crippen LogP) is 2.72. The quantitative estimate of drug-likeness (QED) is 0.237. The Morgan fingerprint density at radius 3 is 2.28 bits per heavy atom. The molecule has 6 nitrogen and oxygen atoms in total. The molecule has 0 heterocycles. The fourth-order valence-corrected chi connectivity index (χ4v) is 3.57. The zero-order valence-electron chi connectivity index (χ0n) is 16.1. The molecular weight excluding hydrogens is 453 g/mol. The highest BCUT2D eigenvalue weighted by molar-refractivity contribution is 14.0. The number of halogens is 1. The van der Waals surface area contributed by atoms with Crippen LogP contribution in [-0.2, 0) is 14.6 Å². The second-order valence-electron chi connectivity index (χ2n) is 7.34. The highest BCUT2D eigenvalue weighted by atomic mass is 127. The summed E-state index contributed by atoms with van der Waals surface area (Å²) >= 11 is 0. The van der Waals surface area contributed by atoms with E-state index in [0.29, 0.717) is 18.6 Å². The summed E-state index contributed by atoms with van der Waals surface area (Å²) in [5.74, 6) is 0.735. The van der Waals surface area contributed by atoms with Crippen LogP contribution < -0.4 is 10.6 Å². The molecule has 1 fully saturated rings. The lowest BCUT2D eigenvalue weighted by Crippen LogP contribution is -2.42. The summed E-state index contributed by atoms with van der Waals surface area (Å²) < 4.78 is 29.3. The Kier molecular flexibility index (Phi) is 12.3. The third kappa shape index (κ3) is 9.98. The lowest BCUT2D eigenvalue weighted by molar-refractivity contribution is 0.0277. The molecule has 0 aromatic heterocycles. The first kappa shape index (κ1) is 24.9. The summed E-state index contributed by atoms with van der Waals surface area (Å²) in [4.78, 5) is 4.12. The maximum atomic E-state index is 12.1. The van der Waals surface area contributed by atoms with Gasteiger partial charge in [0.2, 0.25) is 0 Å². The van der Waals surface area contributed by atoms with Crippen LogP contribution in [0.25, 0.3) is 0 Å². The van der Waals surface area contributed by atoms with E-state index in [1.54, 1.807) is 27.8 Å². The number of rotatable bonds is 8. The van der Waals surface area contributed by atoms with Gasteiger partial charge in [-0.15, -0.1) is 24.0 Å². The molecule has 0 spiro atoms. The second kappa shape index (κ2) is 12.3. The Balaban J connectivity index is 0.00000576. The van der Waals surface area contributed by atoms with Gasteiger partial charge in [0.25, 0.3) is 0 Å². The molecule has 0 amide bonds. The maximum absolute atomic E-state index is 12.1. The van der Waals surface area contributed by atoms with Crippen molar-refractivity contribution in [3.05, 3.63) is 0 Å². The molecule has 0 aromatic rings. The Morgan fingerprint density at radius 2 is 1.72 bits per heavy atom. The number of sulfone groups is 1. The van der Waals surface area contributed by atoms with Gasteiger partial charge in [-0.1, -0.05) is 19.3 Å². The molecule has 0 atom stereocenters. The monoisotopic (exact) mass is 489 g/mol. The Hall–Kier alpha value is -0.0900. The molecule has 0 aromatic carbocycles. The third-order valence-corrected chi connectivity index (χ3v) is 6.95. The number of hydrogen-bond acceptors (Lipinski definition) is 4. The van der Waals surface area contributed by atoms with Crippen molar-refractivity contribution in [3.63, 3.8) is 0 Å². The van der Waals surface area contributed by atoms with Crippen molar-refractivity contribution in [2.24, 2.45) is 4.99 Å². The van der Waals surface area contributed by atoms with E-state index in [0.717, 1.165) is 19.6 Å². The first-order chi connectivity index (χ1) is 11.3. The van der Waals surface area contributed by atoms with Crippen molar-refractivity contribution in [3.8, 4) is 0 Å². The van der Waals surface area contributed by atoms with Crippen LogP contribution in [-0.4, -0.2) is 57.7 Å². The summed E-state index contributed by atoms with van der Waals surface area (Å²) in [6.45, 7) is 7.05. The maximum Gasteiger partial charge on any atom is 0.191 e. The molecule has 0 radical (unpaired) electrons. The van der Waals surface area contributed by atoms with Crippen molar-refractivity contribution in [1.29, 1.82) is 0 Å². The molecule has 1 aliphatic rings. The Morgan fingerprint density at radius 1 is 1.12 bits per heavy atom. The first-order valence-corrected chi connectivity index (χ1v) is 10.7. The number of guanidine groups is 1. The number of ether oxygens (including phenoxy) is 1. The molecule has 0 unspecified atom stereocenters. The molecule has 1 rings (SSSR count). The standard InChI is InChI=1S/C17H35N3O3S.HI/c1-17(2,3)24(21,22)14-12-20-16(18-4)19-11-8-13-23-15-9-6-5-7-10-15;/h15H,5-14H2,1-4H3,(H2,18,19,20);1H. The van der Waals surface area contributed by atoms with Gasteiger partial charge in [0.15, 0.2) is 15.8 Å². The first-order valence-electron chi connectivity index (χ1n) is 9.04. The van der Waals surface area contributed by atoms with E-state index < -0.39 is 14.6 Å². The molecular formula is C17H36IN3O3S. The summed E-state index contributed by atoms with van der Waals surface area (Å²) in [5, 5.41) is 6.25. The average molecular weight is 489 g/mol. The van der Waals surface area contributed by atoms with Gasteiger partial charge in [-0.3, -0.25) is 4.99 Å². The van der Waals surface area contributed by atoms with E-state index in [-0.39, 0.29) is 29.7 Å². The second-order valence-corrected chi connectivity index (χ2v) is 10.2. The van der Waals surface area contributed by atoms with Crippen molar-refractivity contribution in [1.82, 2.24) is 10.6 Å². The van der Waals surface area contributed by atoms with E-state index >= 15 is 0 Å². The lowest BCUT2D eigenvalue weighted by Gasteiger charge is -2.22. The molecule has 1 aliphatic carbocycles. The molecule has 2 N–H and O–H groups in total. The number of nitrogens with zero attached hydrogens (tertiary/aromatic N) is 1. The fourth-order valence-electron chi connectivity index (χ4n) is 2.59. The molecule has 0 saturated heterocycles. The Bertz CT molecular complexity index is 484. The largest absolute Gasteiger partial charge is 0.378 e. The van der Waals surface area contributed by atoms with E-state index in [9.17, 15) is 8.42 Å². The SMILES string of the molecule is CN=C(NCCCOC1CCCCC1)NCCS(=O)(=O)C(C)(C)C.I. The number of hydrogen-bond donors (Lipinski definition) is 2. The molecule has 1 saturated carbocycles. The average Bonchev–Trinajstić information content (AvgIpc) is 2.52. The summed E-state index contributed by atoms with van der Waals surface area (Å²) in [6.07, 6.45) is 7.66. The van der Waals surface area contributed by atoms with E-state index in [2.05, 4.69) is 15.6 Å². The smallest absolute Gasteiger partial charge is 0.191 e. The van der Waals surface area contributed by atoms with Crippen LogP contribution in [0, 0.1) is 0 Å². The van der Waals surface area contributed by atoms with E-state index in [4.69, 9.17) is 4.74 Å². The van der Waals surface area contributed by atoms with Gasteiger partial charge >= 0.3 is 0 Å². The van der Waals surface area contributed by atoms with Crippen LogP contribution in [0.3, 0.4) is 0 Å². The van der Waals surface area contributed by atoms with Crippen LogP contribution in [0.15, 0.2) is 4.99 Å². The van der Waals surface area contributed by atoms with Crippen LogP contribution in [0.5, 0.6) is 0 Å². The van der Waals surface area contributed by atoms with Crippen molar-refractivity contribution in [2.75, 3.05) is 32.5 Å². The van der Waals surface area contributed by atoms with Gasteiger partial charge in [-0.2, -0.15) is 0 Å². The summed E-state index contributed by atoms with van der Waals surface area (Å²) in [7, 11) is -1.42. The van der Waals surface area contributed by atoms with E-state index in [1.165, 1.54) is 32.1 Å². The zero-order valence-corrected chi connectivity index (χ0v) is 19.3. The fraction of sp³-hybridized carbons (Fsp3) is 0.941. The molecule has 150 valence electrons.